The van der Waals surface area contributed by atoms with Crippen LogP contribution >= 0.6 is 22.9 Å². The molecule has 0 radical (unpaired) electrons. The highest BCUT2D eigenvalue weighted by Crippen LogP contribution is 2.24. The van der Waals surface area contributed by atoms with E-state index in [4.69, 9.17) is 11.6 Å². The molecule has 102 valence electrons. The van der Waals surface area contributed by atoms with Crippen LogP contribution in [-0.2, 0) is 0 Å². The summed E-state index contributed by atoms with van der Waals surface area (Å²) in [5.41, 5.74) is 2.39. The summed E-state index contributed by atoms with van der Waals surface area (Å²) in [6.07, 6.45) is 1.04. The van der Waals surface area contributed by atoms with Crippen molar-refractivity contribution < 1.29 is 0 Å². The Balaban J connectivity index is 2.08. The lowest BCUT2D eigenvalue weighted by molar-refractivity contribution is 0.451. The third kappa shape index (κ3) is 3.78. The lowest BCUT2D eigenvalue weighted by Crippen LogP contribution is -2.24. The van der Waals surface area contributed by atoms with Gasteiger partial charge in [-0.15, -0.1) is 11.3 Å². The van der Waals surface area contributed by atoms with E-state index in [1.165, 1.54) is 5.56 Å². The van der Waals surface area contributed by atoms with Crippen LogP contribution < -0.4 is 5.32 Å². The van der Waals surface area contributed by atoms with Gasteiger partial charge in [-0.25, -0.2) is 4.98 Å². The van der Waals surface area contributed by atoms with Crippen LogP contribution in [0.15, 0.2) is 29.6 Å². The molecule has 0 saturated carbocycles. The van der Waals surface area contributed by atoms with E-state index >= 15 is 0 Å². The predicted octanol–water partition coefficient (Wildman–Crippen LogP) is 4.91. The Bertz CT molecular complexity index is 521. The molecule has 0 fully saturated rings. The fraction of sp³-hybridized carbons (Fsp3) is 0.400. The molecular weight excluding hydrogens is 276 g/mol. The van der Waals surface area contributed by atoms with Gasteiger partial charge in [0.1, 0.15) is 0 Å². The molecule has 2 unspecified atom stereocenters. The van der Waals surface area contributed by atoms with Gasteiger partial charge in [-0.3, -0.25) is 0 Å². The second-order valence-electron chi connectivity index (χ2n) is 4.69. The number of benzene rings is 1. The summed E-state index contributed by atoms with van der Waals surface area (Å²) in [4.78, 5) is 4.54. The molecule has 2 atom stereocenters. The second-order valence-corrected chi connectivity index (χ2v) is 6.19. The number of nitrogens with zero attached hydrogens (tertiary/aromatic N) is 1. The van der Waals surface area contributed by atoms with Crippen LogP contribution in [-0.4, -0.2) is 4.98 Å². The van der Waals surface area contributed by atoms with Gasteiger partial charge in [-0.1, -0.05) is 30.7 Å². The van der Waals surface area contributed by atoms with Crippen molar-refractivity contribution in [1.29, 1.82) is 0 Å². The zero-order chi connectivity index (χ0) is 13.8. The standard InChI is InChI=1S/C15H19ClN2S/c1-4-14(12-5-7-13(16)8-6-12)17-10(2)15-9-19-11(3)18-15/h5-10,14,17H,4H2,1-3H3. The molecule has 0 spiro atoms. The minimum atomic E-state index is 0.255. The van der Waals surface area contributed by atoms with E-state index < -0.39 is 0 Å². The van der Waals surface area contributed by atoms with Crippen molar-refractivity contribution in [2.45, 2.75) is 39.3 Å². The van der Waals surface area contributed by atoms with Crippen molar-refractivity contribution in [1.82, 2.24) is 10.3 Å². The van der Waals surface area contributed by atoms with Gasteiger partial charge < -0.3 is 5.32 Å². The van der Waals surface area contributed by atoms with Crippen molar-refractivity contribution in [2.75, 3.05) is 0 Å². The summed E-state index contributed by atoms with van der Waals surface area (Å²) in [6, 6.07) is 8.64. The predicted molar refractivity (Wildman–Crippen MR) is 82.9 cm³/mol. The molecule has 0 saturated heterocycles. The highest BCUT2D eigenvalue weighted by molar-refractivity contribution is 7.09. The topological polar surface area (TPSA) is 24.9 Å². The van der Waals surface area contributed by atoms with Gasteiger partial charge in [-0.2, -0.15) is 0 Å². The monoisotopic (exact) mass is 294 g/mol. The molecule has 0 amide bonds. The molecule has 2 rings (SSSR count). The molecule has 1 N–H and O–H groups in total. The highest BCUT2D eigenvalue weighted by atomic mass is 35.5. The second kappa shape index (κ2) is 6.51. The van der Waals surface area contributed by atoms with E-state index in [1.807, 2.05) is 19.1 Å². The average Bonchev–Trinajstić information content (AvgIpc) is 2.84. The molecule has 0 aliphatic heterocycles. The van der Waals surface area contributed by atoms with Gasteiger partial charge in [0.2, 0.25) is 0 Å². The van der Waals surface area contributed by atoms with Crippen molar-refractivity contribution in [2.24, 2.45) is 0 Å². The Morgan fingerprint density at radius 1 is 1.32 bits per heavy atom. The maximum absolute atomic E-state index is 5.93. The van der Waals surface area contributed by atoms with Crippen LogP contribution in [0.4, 0.5) is 0 Å². The van der Waals surface area contributed by atoms with Crippen LogP contribution in [0.3, 0.4) is 0 Å². The fourth-order valence-corrected chi connectivity index (χ4v) is 2.94. The van der Waals surface area contributed by atoms with E-state index in [0.29, 0.717) is 6.04 Å². The Morgan fingerprint density at radius 3 is 2.53 bits per heavy atom. The van der Waals surface area contributed by atoms with Gasteiger partial charge >= 0.3 is 0 Å². The molecule has 0 aliphatic rings. The molecule has 2 aromatic rings. The molecule has 1 aromatic heterocycles. The first-order valence-electron chi connectivity index (χ1n) is 6.53. The van der Waals surface area contributed by atoms with Crippen molar-refractivity contribution in [3.63, 3.8) is 0 Å². The number of hydrogen-bond donors (Lipinski definition) is 1. The smallest absolute Gasteiger partial charge is 0.0898 e. The first kappa shape index (κ1) is 14.5. The summed E-state index contributed by atoms with van der Waals surface area (Å²) in [7, 11) is 0. The van der Waals surface area contributed by atoms with E-state index in [9.17, 15) is 0 Å². The van der Waals surface area contributed by atoms with Gasteiger partial charge in [0.05, 0.1) is 10.7 Å². The lowest BCUT2D eigenvalue weighted by Gasteiger charge is -2.21. The van der Waals surface area contributed by atoms with Crippen molar-refractivity contribution >= 4 is 22.9 Å². The Morgan fingerprint density at radius 2 is 2.00 bits per heavy atom. The number of hydrogen-bond acceptors (Lipinski definition) is 3. The molecule has 19 heavy (non-hydrogen) atoms. The Hall–Kier alpha value is -0.900. The number of halogens is 1. The summed E-state index contributed by atoms with van der Waals surface area (Å²) >= 11 is 7.63. The molecule has 0 bridgehead atoms. The number of nitrogens with one attached hydrogen (secondary N) is 1. The Kier molecular flexibility index (Phi) is 4.97. The fourth-order valence-electron chi connectivity index (χ4n) is 2.11. The van der Waals surface area contributed by atoms with E-state index in [2.05, 4.69) is 41.7 Å². The highest BCUT2D eigenvalue weighted by Gasteiger charge is 2.15. The normalized spacial score (nSPS) is 14.3. The summed E-state index contributed by atoms with van der Waals surface area (Å²) in [6.45, 7) is 6.38. The maximum Gasteiger partial charge on any atom is 0.0898 e. The first-order chi connectivity index (χ1) is 9.10. The lowest BCUT2D eigenvalue weighted by atomic mass is 10.0. The van der Waals surface area contributed by atoms with Crippen LogP contribution in [0.1, 0.15) is 48.6 Å². The first-order valence-corrected chi connectivity index (χ1v) is 7.79. The van der Waals surface area contributed by atoms with Crippen molar-refractivity contribution in [3.05, 3.63) is 50.9 Å². The number of aryl methyl sites for hydroxylation is 1. The van der Waals surface area contributed by atoms with E-state index in [1.54, 1.807) is 11.3 Å². The van der Waals surface area contributed by atoms with E-state index in [-0.39, 0.29) is 6.04 Å². The minimum Gasteiger partial charge on any atom is -0.302 e. The maximum atomic E-state index is 5.93. The zero-order valence-corrected chi connectivity index (χ0v) is 13.1. The molecular formula is C15H19ClN2S. The number of rotatable bonds is 5. The molecule has 1 heterocycles. The summed E-state index contributed by atoms with van der Waals surface area (Å²) in [5.74, 6) is 0. The van der Waals surface area contributed by atoms with Gasteiger partial charge in [0.25, 0.3) is 0 Å². The quantitative estimate of drug-likeness (QED) is 0.848. The van der Waals surface area contributed by atoms with Crippen LogP contribution in [0, 0.1) is 6.92 Å². The SMILES string of the molecule is CCC(NC(C)c1csc(C)n1)c1ccc(Cl)cc1. The third-order valence-corrected chi connectivity index (χ3v) is 4.26. The Labute approximate surface area is 123 Å². The minimum absolute atomic E-state index is 0.255. The average molecular weight is 295 g/mol. The largest absolute Gasteiger partial charge is 0.302 e. The third-order valence-electron chi connectivity index (χ3n) is 3.21. The summed E-state index contributed by atoms with van der Waals surface area (Å²) < 4.78 is 0. The van der Waals surface area contributed by atoms with Gasteiger partial charge in [0.15, 0.2) is 0 Å². The van der Waals surface area contributed by atoms with Crippen LogP contribution in [0.25, 0.3) is 0 Å². The zero-order valence-electron chi connectivity index (χ0n) is 11.5. The number of thiazole rings is 1. The van der Waals surface area contributed by atoms with Gasteiger partial charge in [-0.05, 0) is 38.0 Å². The van der Waals surface area contributed by atoms with Crippen LogP contribution in [0.2, 0.25) is 5.02 Å². The molecule has 4 heteroatoms. The van der Waals surface area contributed by atoms with E-state index in [0.717, 1.165) is 22.1 Å². The van der Waals surface area contributed by atoms with Crippen molar-refractivity contribution in [3.8, 4) is 0 Å². The molecule has 0 aliphatic carbocycles. The molecule has 2 nitrogen and oxygen atoms in total. The summed E-state index contributed by atoms with van der Waals surface area (Å²) in [5, 5.41) is 7.65. The van der Waals surface area contributed by atoms with Gasteiger partial charge in [0, 0.05) is 22.5 Å². The molecule has 1 aromatic carbocycles. The van der Waals surface area contributed by atoms with Crippen LogP contribution in [0.5, 0.6) is 0 Å². The number of aromatic nitrogens is 1.